The van der Waals surface area contributed by atoms with Crippen LogP contribution in [0.25, 0.3) is 0 Å². The van der Waals surface area contributed by atoms with Gasteiger partial charge in [-0.3, -0.25) is 9.48 Å². The van der Waals surface area contributed by atoms with E-state index in [2.05, 4.69) is 36.3 Å². The van der Waals surface area contributed by atoms with Crippen LogP contribution in [0, 0.1) is 0 Å². The summed E-state index contributed by atoms with van der Waals surface area (Å²) in [6, 6.07) is 9.14. The lowest BCUT2D eigenvalue weighted by atomic mass is 10.0. The topological polar surface area (TPSA) is 68.0 Å². The van der Waals surface area contributed by atoms with Crippen LogP contribution < -0.4 is 5.32 Å². The molecule has 0 aliphatic heterocycles. The van der Waals surface area contributed by atoms with Crippen LogP contribution in [0.2, 0.25) is 5.02 Å². The number of nitrogens with one attached hydrogen (secondary N) is 1. The summed E-state index contributed by atoms with van der Waals surface area (Å²) in [7, 11) is 4.02. The highest BCUT2D eigenvalue weighted by Gasteiger charge is 2.18. The summed E-state index contributed by atoms with van der Waals surface area (Å²) < 4.78 is 4.29. The average Bonchev–Trinajstić information content (AvgIpc) is 3.28. The number of hydrogen-bond acceptors (Lipinski definition) is 4. The zero-order chi connectivity index (χ0) is 20.1. The Bertz CT molecular complexity index is 921. The van der Waals surface area contributed by atoms with Gasteiger partial charge < -0.3 is 10.2 Å². The molecule has 1 atom stereocenters. The first-order chi connectivity index (χ1) is 13.4. The first-order valence-electron chi connectivity index (χ1n) is 8.83. The van der Waals surface area contributed by atoms with Gasteiger partial charge in [0, 0.05) is 17.4 Å². The van der Waals surface area contributed by atoms with Gasteiger partial charge in [0.25, 0.3) is 5.91 Å². The fourth-order valence-corrected chi connectivity index (χ4v) is 3.22. The van der Waals surface area contributed by atoms with Gasteiger partial charge in [-0.05, 0) is 66.8 Å². The van der Waals surface area contributed by atoms with Gasteiger partial charge >= 0.3 is 0 Å². The zero-order valence-corrected chi connectivity index (χ0v) is 18.1. The minimum absolute atomic E-state index is 0.126. The van der Waals surface area contributed by atoms with Crippen LogP contribution in [-0.4, -0.2) is 51.0 Å². The number of rotatable bonds is 8. The fraction of sp³-hybridized carbons (Fsp3) is 0.316. The number of amides is 1. The summed E-state index contributed by atoms with van der Waals surface area (Å²) in [4.78, 5) is 14.8. The fourth-order valence-electron chi connectivity index (χ4n) is 2.76. The number of halogens is 2. The van der Waals surface area contributed by atoms with E-state index in [1.807, 2.05) is 44.6 Å². The van der Waals surface area contributed by atoms with E-state index in [9.17, 15) is 4.79 Å². The minimum Gasteiger partial charge on any atom is -0.344 e. The van der Waals surface area contributed by atoms with E-state index < -0.39 is 0 Å². The van der Waals surface area contributed by atoms with Gasteiger partial charge in [0.05, 0.1) is 16.7 Å². The molecule has 1 unspecified atom stereocenters. The first kappa shape index (κ1) is 20.6. The van der Waals surface area contributed by atoms with Crippen LogP contribution in [0.1, 0.15) is 28.5 Å². The second kappa shape index (κ2) is 9.36. The molecule has 1 N–H and O–H groups in total. The van der Waals surface area contributed by atoms with Gasteiger partial charge in [-0.2, -0.15) is 10.2 Å². The highest BCUT2D eigenvalue weighted by atomic mass is 79.9. The molecule has 9 heteroatoms. The Hall–Kier alpha value is -2.16. The molecule has 3 aromatic rings. The van der Waals surface area contributed by atoms with Crippen molar-refractivity contribution < 1.29 is 4.79 Å². The van der Waals surface area contributed by atoms with Crippen LogP contribution in [-0.2, 0) is 6.67 Å². The highest BCUT2D eigenvalue weighted by molar-refractivity contribution is 9.10. The van der Waals surface area contributed by atoms with Crippen LogP contribution in [0.3, 0.4) is 0 Å². The van der Waals surface area contributed by atoms with Crippen LogP contribution in [0.5, 0.6) is 0 Å². The molecule has 7 nitrogen and oxygen atoms in total. The number of aromatic nitrogens is 4. The van der Waals surface area contributed by atoms with Crippen molar-refractivity contribution in [2.75, 3.05) is 20.6 Å². The molecule has 0 aliphatic carbocycles. The standard InChI is InChI=1S/C19H22BrClN6O/c1-25(2)9-7-17(14-3-5-16(21)6-4-14)23-19(28)18-8-10-26(24-18)13-27-12-15(20)11-22-27/h3-6,8,10-12,17H,7,9,13H2,1-2H3,(H,23,28). The van der Waals surface area contributed by atoms with Gasteiger partial charge in [0.1, 0.15) is 12.4 Å². The summed E-state index contributed by atoms with van der Waals surface area (Å²) in [5.74, 6) is -0.209. The van der Waals surface area contributed by atoms with Crippen molar-refractivity contribution in [3.63, 3.8) is 0 Å². The van der Waals surface area contributed by atoms with Crippen molar-refractivity contribution in [2.24, 2.45) is 0 Å². The maximum atomic E-state index is 12.8. The summed E-state index contributed by atoms with van der Waals surface area (Å²) >= 11 is 9.36. The van der Waals surface area contributed by atoms with E-state index in [0.717, 1.165) is 23.0 Å². The number of nitrogens with zero attached hydrogens (tertiary/aromatic N) is 5. The van der Waals surface area contributed by atoms with Crippen molar-refractivity contribution >= 4 is 33.4 Å². The molecule has 3 rings (SSSR count). The lowest BCUT2D eigenvalue weighted by Gasteiger charge is -2.21. The Kier molecular flexibility index (Phi) is 6.88. The second-order valence-electron chi connectivity index (χ2n) is 6.75. The van der Waals surface area contributed by atoms with E-state index in [1.54, 1.807) is 27.8 Å². The van der Waals surface area contributed by atoms with Crippen molar-refractivity contribution in [3.05, 3.63) is 69.7 Å². The molecule has 1 aromatic carbocycles. The lowest BCUT2D eigenvalue weighted by molar-refractivity contribution is 0.0926. The molecule has 0 aliphatic rings. The zero-order valence-electron chi connectivity index (χ0n) is 15.7. The number of carbonyl (C=O) groups is 1. The molecule has 2 heterocycles. The molecule has 0 saturated carbocycles. The normalized spacial score (nSPS) is 12.3. The van der Waals surface area contributed by atoms with Crippen molar-refractivity contribution in [2.45, 2.75) is 19.1 Å². The Morgan fingerprint density at radius 1 is 1.25 bits per heavy atom. The molecule has 0 bridgehead atoms. The maximum absolute atomic E-state index is 12.8. The molecule has 2 aromatic heterocycles. The summed E-state index contributed by atoms with van der Waals surface area (Å²) in [6.07, 6.45) is 6.10. The van der Waals surface area contributed by atoms with E-state index in [4.69, 9.17) is 11.6 Å². The molecular weight excluding hydrogens is 444 g/mol. The molecule has 148 valence electrons. The molecule has 0 spiro atoms. The van der Waals surface area contributed by atoms with Crippen LogP contribution >= 0.6 is 27.5 Å². The first-order valence-corrected chi connectivity index (χ1v) is 10.0. The molecule has 0 radical (unpaired) electrons. The van der Waals surface area contributed by atoms with E-state index in [1.165, 1.54) is 0 Å². The van der Waals surface area contributed by atoms with Crippen molar-refractivity contribution in [3.8, 4) is 0 Å². The maximum Gasteiger partial charge on any atom is 0.272 e. The van der Waals surface area contributed by atoms with Crippen LogP contribution in [0.15, 0.2) is 53.4 Å². The molecular formula is C19H22BrClN6O. The van der Waals surface area contributed by atoms with Gasteiger partial charge in [-0.1, -0.05) is 23.7 Å². The van der Waals surface area contributed by atoms with E-state index >= 15 is 0 Å². The number of carbonyl (C=O) groups excluding carboxylic acids is 1. The SMILES string of the molecule is CN(C)CCC(NC(=O)c1ccn(Cn2cc(Br)cn2)n1)c1ccc(Cl)cc1. The number of benzene rings is 1. The average molecular weight is 466 g/mol. The predicted octanol–water partition coefficient (Wildman–Crippen LogP) is 3.42. The lowest BCUT2D eigenvalue weighted by Crippen LogP contribution is -2.31. The van der Waals surface area contributed by atoms with Crippen LogP contribution in [0.4, 0.5) is 0 Å². The smallest absolute Gasteiger partial charge is 0.272 e. The third kappa shape index (κ3) is 5.67. The van der Waals surface area contributed by atoms with Crippen molar-refractivity contribution in [1.29, 1.82) is 0 Å². The molecule has 28 heavy (non-hydrogen) atoms. The molecule has 0 fully saturated rings. The Balaban J connectivity index is 1.69. The molecule has 1 amide bonds. The Morgan fingerprint density at radius 2 is 2.00 bits per heavy atom. The van der Waals surface area contributed by atoms with E-state index in [-0.39, 0.29) is 11.9 Å². The second-order valence-corrected chi connectivity index (χ2v) is 8.10. The van der Waals surface area contributed by atoms with Gasteiger partial charge in [-0.15, -0.1) is 0 Å². The Morgan fingerprint density at radius 3 is 2.64 bits per heavy atom. The third-order valence-electron chi connectivity index (χ3n) is 4.21. The Labute approximate surface area is 177 Å². The van der Waals surface area contributed by atoms with Gasteiger partial charge in [-0.25, -0.2) is 4.68 Å². The monoisotopic (exact) mass is 464 g/mol. The third-order valence-corrected chi connectivity index (χ3v) is 4.87. The highest BCUT2D eigenvalue weighted by Crippen LogP contribution is 2.20. The summed E-state index contributed by atoms with van der Waals surface area (Å²) in [5.41, 5.74) is 1.38. The predicted molar refractivity (Wildman–Crippen MR) is 112 cm³/mol. The largest absolute Gasteiger partial charge is 0.344 e. The number of hydrogen-bond donors (Lipinski definition) is 1. The van der Waals surface area contributed by atoms with Gasteiger partial charge in [0.15, 0.2) is 0 Å². The molecule has 0 saturated heterocycles. The van der Waals surface area contributed by atoms with Crippen molar-refractivity contribution in [1.82, 2.24) is 29.8 Å². The van der Waals surface area contributed by atoms with Gasteiger partial charge in [0.2, 0.25) is 0 Å². The summed E-state index contributed by atoms with van der Waals surface area (Å²) in [5, 5.41) is 12.3. The quantitative estimate of drug-likeness (QED) is 0.553. The summed E-state index contributed by atoms with van der Waals surface area (Å²) in [6.45, 7) is 1.27. The van der Waals surface area contributed by atoms with E-state index in [0.29, 0.717) is 17.4 Å². The minimum atomic E-state index is -0.209.